The van der Waals surface area contributed by atoms with E-state index in [0.29, 0.717) is 0 Å². The molecule has 0 amide bonds. The van der Waals surface area contributed by atoms with Gasteiger partial charge in [-0.3, -0.25) is 4.98 Å². The van der Waals surface area contributed by atoms with Crippen LogP contribution in [-0.2, 0) is 6.42 Å². The highest BCUT2D eigenvalue weighted by Crippen LogP contribution is 2.22. The summed E-state index contributed by atoms with van der Waals surface area (Å²) in [5, 5.41) is 11.9. The molecule has 16 heavy (non-hydrogen) atoms. The van der Waals surface area contributed by atoms with Gasteiger partial charge in [0.1, 0.15) is 0 Å². The van der Waals surface area contributed by atoms with E-state index in [9.17, 15) is 5.11 Å². The number of aromatic nitrogens is 1. The molecule has 2 rings (SSSR count). The molecule has 0 aliphatic carbocycles. The number of hydrogen-bond donors (Lipinski definition) is 2. The Labute approximate surface area is 94.9 Å². The molecule has 3 heteroatoms. The van der Waals surface area contributed by atoms with Gasteiger partial charge in [-0.25, -0.2) is 0 Å². The molecule has 1 atom stereocenters. The van der Waals surface area contributed by atoms with Crippen LogP contribution in [0, 0.1) is 0 Å². The van der Waals surface area contributed by atoms with E-state index in [-0.39, 0.29) is 6.54 Å². The third kappa shape index (κ3) is 1.92. The van der Waals surface area contributed by atoms with Crippen LogP contribution in [0.2, 0.25) is 0 Å². The van der Waals surface area contributed by atoms with Crippen molar-refractivity contribution in [3.05, 3.63) is 41.7 Å². The van der Waals surface area contributed by atoms with Gasteiger partial charge in [-0.1, -0.05) is 19.1 Å². The van der Waals surface area contributed by atoms with Crippen molar-refractivity contribution in [2.75, 3.05) is 6.54 Å². The second-order valence-electron chi connectivity index (χ2n) is 3.88. The van der Waals surface area contributed by atoms with E-state index in [1.807, 2.05) is 30.6 Å². The minimum Gasteiger partial charge on any atom is -0.387 e. The quantitative estimate of drug-likeness (QED) is 0.822. The van der Waals surface area contributed by atoms with Gasteiger partial charge in [0.2, 0.25) is 0 Å². The summed E-state index contributed by atoms with van der Waals surface area (Å²) in [6, 6.07) is 5.92. The van der Waals surface area contributed by atoms with Gasteiger partial charge in [0, 0.05) is 24.3 Å². The van der Waals surface area contributed by atoms with Crippen LogP contribution in [0.5, 0.6) is 0 Å². The van der Waals surface area contributed by atoms with E-state index >= 15 is 0 Å². The summed E-state index contributed by atoms with van der Waals surface area (Å²) in [7, 11) is 0. The highest BCUT2D eigenvalue weighted by atomic mass is 16.3. The highest BCUT2D eigenvalue weighted by molar-refractivity contribution is 5.85. The van der Waals surface area contributed by atoms with Crippen molar-refractivity contribution in [2.45, 2.75) is 19.4 Å². The van der Waals surface area contributed by atoms with Crippen LogP contribution in [0.15, 0.2) is 30.6 Å². The van der Waals surface area contributed by atoms with E-state index < -0.39 is 6.10 Å². The Morgan fingerprint density at radius 1 is 1.38 bits per heavy atom. The molecule has 1 aromatic carbocycles. The van der Waals surface area contributed by atoms with Gasteiger partial charge in [-0.2, -0.15) is 0 Å². The van der Waals surface area contributed by atoms with E-state index in [1.165, 1.54) is 10.9 Å². The Bertz CT molecular complexity index is 496. The Balaban J connectivity index is 2.55. The average Bonchev–Trinajstić information content (AvgIpc) is 2.36. The molecule has 3 N–H and O–H groups in total. The summed E-state index contributed by atoms with van der Waals surface area (Å²) in [5.41, 5.74) is 7.52. The number of aliphatic hydroxyl groups excluding tert-OH is 1. The highest BCUT2D eigenvalue weighted by Gasteiger charge is 2.07. The van der Waals surface area contributed by atoms with Crippen LogP contribution in [0.3, 0.4) is 0 Å². The number of aliphatic hydroxyl groups is 1. The summed E-state index contributed by atoms with van der Waals surface area (Å²) >= 11 is 0. The molecular weight excluding hydrogens is 200 g/mol. The SMILES string of the molecule is CCc1cncc2cc(C(O)CN)ccc12. The van der Waals surface area contributed by atoms with E-state index in [4.69, 9.17) is 5.73 Å². The van der Waals surface area contributed by atoms with Crippen molar-refractivity contribution >= 4 is 10.8 Å². The van der Waals surface area contributed by atoms with Crippen LogP contribution >= 0.6 is 0 Å². The Hall–Kier alpha value is -1.45. The number of benzene rings is 1. The first kappa shape index (κ1) is 11.0. The van der Waals surface area contributed by atoms with E-state index in [0.717, 1.165) is 17.4 Å². The first-order valence-corrected chi connectivity index (χ1v) is 5.51. The van der Waals surface area contributed by atoms with Crippen LogP contribution in [0.1, 0.15) is 24.2 Å². The third-order valence-electron chi connectivity index (χ3n) is 2.85. The maximum absolute atomic E-state index is 9.67. The minimum atomic E-state index is -0.588. The lowest BCUT2D eigenvalue weighted by atomic mass is 10.0. The molecular formula is C13H16N2O. The van der Waals surface area contributed by atoms with E-state index in [1.54, 1.807) is 0 Å². The summed E-state index contributed by atoms with van der Waals surface area (Å²) in [6.07, 6.45) is 4.08. The fourth-order valence-corrected chi connectivity index (χ4v) is 1.88. The lowest BCUT2D eigenvalue weighted by Crippen LogP contribution is -2.11. The van der Waals surface area contributed by atoms with Gasteiger partial charge in [-0.15, -0.1) is 0 Å². The second kappa shape index (κ2) is 4.60. The molecule has 1 aromatic heterocycles. The number of hydrogen-bond acceptors (Lipinski definition) is 3. The van der Waals surface area contributed by atoms with Crippen LogP contribution in [0.25, 0.3) is 10.8 Å². The second-order valence-corrected chi connectivity index (χ2v) is 3.88. The molecule has 0 aliphatic heterocycles. The average molecular weight is 216 g/mol. The predicted molar refractivity (Wildman–Crippen MR) is 65.1 cm³/mol. The first-order valence-electron chi connectivity index (χ1n) is 5.51. The van der Waals surface area contributed by atoms with Gasteiger partial charge in [-0.05, 0) is 29.0 Å². The van der Waals surface area contributed by atoms with Gasteiger partial charge in [0.15, 0.2) is 0 Å². The molecule has 0 radical (unpaired) electrons. The van der Waals surface area contributed by atoms with Crippen LogP contribution < -0.4 is 5.73 Å². The Morgan fingerprint density at radius 3 is 2.88 bits per heavy atom. The zero-order valence-corrected chi connectivity index (χ0v) is 9.35. The normalized spacial score (nSPS) is 12.9. The zero-order chi connectivity index (χ0) is 11.5. The zero-order valence-electron chi connectivity index (χ0n) is 9.35. The molecule has 1 heterocycles. The van der Waals surface area contributed by atoms with Gasteiger partial charge < -0.3 is 10.8 Å². The van der Waals surface area contributed by atoms with Gasteiger partial charge in [0.05, 0.1) is 6.10 Å². The van der Waals surface area contributed by atoms with Gasteiger partial charge in [0.25, 0.3) is 0 Å². The number of fused-ring (bicyclic) bond motifs is 1. The molecule has 2 aromatic rings. The van der Waals surface area contributed by atoms with Crippen molar-refractivity contribution in [1.82, 2.24) is 4.98 Å². The lowest BCUT2D eigenvalue weighted by molar-refractivity contribution is 0.187. The van der Waals surface area contributed by atoms with Crippen molar-refractivity contribution < 1.29 is 5.11 Å². The molecule has 0 spiro atoms. The molecule has 0 aliphatic rings. The molecule has 0 fully saturated rings. The van der Waals surface area contributed by atoms with Crippen molar-refractivity contribution in [1.29, 1.82) is 0 Å². The number of aryl methyl sites for hydroxylation is 1. The van der Waals surface area contributed by atoms with Gasteiger partial charge >= 0.3 is 0 Å². The maximum atomic E-state index is 9.67. The number of nitrogens with two attached hydrogens (primary N) is 1. The largest absolute Gasteiger partial charge is 0.387 e. The summed E-state index contributed by atoms with van der Waals surface area (Å²) in [4.78, 5) is 4.20. The number of pyridine rings is 1. The van der Waals surface area contributed by atoms with Crippen molar-refractivity contribution in [3.63, 3.8) is 0 Å². The van der Waals surface area contributed by atoms with E-state index in [2.05, 4.69) is 11.9 Å². The molecule has 0 saturated carbocycles. The third-order valence-corrected chi connectivity index (χ3v) is 2.85. The fraction of sp³-hybridized carbons (Fsp3) is 0.308. The Morgan fingerprint density at radius 2 is 2.19 bits per heavy atom. The first-order chi connectivity index (χ1) is 7.76. The van der Waals surface area contributed by atoms with Crippen molar-refractivity contribution in [3.8, 4) is 0 Å². The van der Waals surface area contributed by atoms with Crippen LogP contribution in [-0.4, -0.2) is 16.6 Å². The lowest BCUT2D eigenvalue weighted by Gasteiger charge is -2.10. The standard InChI is InChI=1S/C13H16N2O/c1-2-9-7-15-8-11-5-10(13(16)6-14)3-4-12(9)11/h3-5,7-8,13,16H,2,6,14H2,1H3. The molecule has 0 bridgehead atoms. The number of nitrogens with zero attached hydrogens (tertiary/aromatic N) is 1. The Kier molecular flexibility index (Phi) is 3.17. The molecule has 3 nitrogen and oxygen atoms in total. The molecule has 0 saturated heterocycles. The minimum absolute atomic E-state index is 0.242. The predicted octanol–water partition coefficient (Wildman–Crippen LogP) is 1.79. The monoisotopic (exact) mass is 216 g/mol. The van der Waals surface area contributed by atoms with Crippen LogP contribution in [0.4, 0.5) is 0 Å². The smallest absolute Gasteiger partial charge is 0.0912 e. The summed E-state index contributed by atoms with van der Waals surface area (Å²) in [5.74, 6) is 0. The fourth-order valence-electron chi connectivity index (χ4n) is 1.88. The number of rotatable bonds is 3. The molecule has 84 valence electrons. The summed E-state index contributed by atoms with van der Waals surface area (Å²) < 4.78 is 0. The van der Waals surface area contributed by atoms with Crippen molar-refractivity contribution in [2.24, 2.45) is 5.73 Å². The maximum Gasteiger partial charge on any atom is 0.0912 e. The molecule has 1 unspecified atom stereocenters. The topological polar surface area (TPSA) is 59.1 Å². The summed E-state index contributed by atoms with van der Waals surface area (Å²) in [6.45, 7) is 2.35.